The first-order chi connectivity index (χ1) is 9.46. The van der Waals surface area contributed by atoms with Crippen molar-refractivity contribution in [3.8, 4) is 0 Å². The monoisotopic (exact) mass is 330 g/mol. The van der Waals surface area contributed by atoms with Crippen LogP contribution in [0.1, 0.15) is 42.5 Å². The molecule has 0 atom stereocenters. The summed E-state index contributed by atoms with van der Waals surface area (Å²) in [4.78, 5) is 12.8. The second-order valence-electron chi connectivity index (χ2n) is 5.06. The van der Waals surface area contributed by atoms with E-state index in [1.165, 1.54) is 0 Å². The van der Waals surface area contributed by atoms with E-state index in [2.05, 4.69) is 5.32 Å². The number of hydrogen-bond acceptors (Lipinski definition) is 2. The number of carbonyl (C=O) groups is 1. The van der Waals surface area contributed by atoms with Crippen molar-refractivity contribution in [3.63, 3.8) is 0 Å². The van der Waals surface area contributed by atoms with Crippen LogP contribution in [-0.2, 0) is 0 Å². The molecule has 1 fully saturated rings. The van der Waals surface area contributed by atoms with Gasteiger partial charge in [-0.2, -0.15) is 0 Å². The van der Waals surface area contributed by atoms with Crippen molar-refractivity contribution in [2.24, 2.45) is 5.73 Å². The largest absolute Gasteiger partial charge is 0.391 e. The van der Waals surface area contributed by atoms with Crippen LogP contribution in [0.4, 0.5) is 0 Å². The van der Waals surface area contributed by atoms with Gasteiger partial charge in [0.25, 0.3) is 5.91 Å². The van der Waals surface area contributed by atoms with Gasteiger partial charge in [-0.1, -0.05) is 60.7 Å². The predicted molar refractivity (Wildman–Crippen MR) is 86.5 cm³/mol. The summed E-state index contributed by atoms with van der Waals surface area (Å²) in [6.07, 6.45) is 4.64. The van der Waals surface area contributed by atoms with Crippen LogP contribution >= 0.6 is 35.4 Å². The van der Waals surface area contributed by atoms with E-state index in [1.807, 2.05) is 0 Å². The molecule has 0 saturated heterocycles. The molecular weight excluding hydrogens is 315 g/mol. The Morgan fingerprint density at radius 2 is 1.75 bits per heavy atom. The molecule has 1 aliphatic rings. The van der Waals surface area contributed by atoms with Crippen molar-refractivity contribution in [1.29, 1.82) is 0 Å². The van der Waals surface area contributed by atoms with Crippen molar-refractivity contribution in [2.45, 2.75) is 37.6 Å². The SMILES string of the molecule is NC(=S)C1(NC(=O)c2c(Cl)cccc2Cl)CCCCC1. The zero-order valence-corrected chi connectivity index (χ0v) is 13.2. The standard InChI is InChI=1S/C14H16Cl2N2OS/c15-9-5-4-6-10(16)11(9)12(19)18-14(13(17)20)7-2-1-3-8-14/h4-6H,1-3,7-8H2,(H2,17,20)(H,18,19). The summed E-state index contributed by atoms with van der Waals surface area (Å²) in [6.45, 7) is 0. The van der Waals surface area contributed by atoms with Crippen molar-refractivity contribution in [1.82, 2.24) is 5.32 Å². The van der Waals surface area contributed by atoms with Gasteiger partial charge in [-0.25, -0.2) is 0 Å². The summed E-state index contributed by atoms with van der Waals surface area (Å²) in [7, 11) is 0. The second kappa shape index (κ2) is 6.29. The highest BCUT2D eigenvalue weighted by Gasteiger charge is 2.37. The maximum absolute atomic E-state index is 12.5. The molecule has 0 aliphatic heterocycles. The van der Waals surface area contributed by atoms with E-state index in [0.717, 1.165) is 32.1 Å². The van der Waals surface area contributed by atoms with Crippen LogP contribution in [0.2, 0.25) is 10.0 Å². The summed E-state index contributed by atoms with van der Waals surface area (Å²) in [6, 6.07) is 4.97. The Morgan fingerprint density at radius 1 is 1.20 bits per heavy atom. The molecule has 0 aromatic heterocycles. The van der Waals surface area contributed by atoms with E-state index < -0.39 is 5.54 Å². The van der Waals surface area contributed by atoms with Gasteiger partial charge in [0.05, 0.1) is 26.1 Å². The number of carbonyl (C=O) groups excluding carboxylic acids is 1. The van der Waals surface area contributed by atoms with Crippen LogP contribution in [-0.4, -0.2) is 16.4 Å². The molecule has 1 amide bonds. The molecule has 6 heteroatoms. The molecule has 2 rings (SSSR count). The van der Waals surface area contributed by atoms with Gasteiger partial charge in [0, 0.05) is 0 Å². The highest BCUT2D eigenvalue weighted by atomic mass is 35.5. The van der Waals surface area contributed by atoms with Gasteiger partial charge < -0.3 is 11.1 Å². The number of nitrogens with two attached hydrogens (primary N) is 1. The Morgan fingerprint density at radius 3 is 2.25 bits per heavy atom. The van der Waals surface area contributed by atoms with Crippen LogP contribution < -0.4 is 11.1 Å². The molecule has 1 aromatic carbocycles. The van der Waals surface area contributed by atoms with Crippen LogP contribution in [0.3, 0.4) is 0 Å². The van der Waals surface area contributed by atoms with Crippen LogP contribution in [0.25, 0.3) is 0 Å². The Balaban J connectivity index is 2.27. The van der Waals surface area contributed by atoms with E-state index >= 15 is 0 Å². The number of halogens is 2. The second-order valence-corrected chi connectivity index (χ2v) is 6.31. The number of nitrogens with one attached hydrogen (secondary N) is 1. The summed E-state index contributed by atoms with van der Waals surface area (Å²) in [5.41, 5.74) is 5.51. The lowest BCUT2D eigenvalue weighted by Gasteiger charge is -2.37. The van der Waals surface area contributed by atoms with Gasteiger partial charge in [0.2, 0.25) is 0 Å². The minimum absolute atomic E-state index is 0.275. The summed E-state index contributed by atoms with van der Waals surface area (Å²) < 4.78 is 0. The molecule has 0 unspecified atom stereocenters. The number of amides is 1. The molecule has 3 nitrogen and oxygen atoms in total. The third-order valence-corrected chi connectivity index (χ3v) is 4.74. The number of benzene rings is 1. The fourth-order valence-corrected chi connectivity index (χ4v) is 3.41. The first-order valence-corrected chi connectivity index (χ1v) is 7.69. The molecule has 3 N–H and O–H groups in total. The Kier molecular flexibility index (Phi) is 4.89. The highest BCUT2D eigenvalue weighted by Crippen LogP contribution is 2.31. The third kappa shape index (κ3) is 3.08. The van der Waals surface area contributed by atoms with Gasteiger partial charge in [0.1, 0.15) is 0 Å². The highest BCUT2D eigenvalue weighted by molar-refractivity contribution is 7.80. The minimum atomic E-state index is -0.618. The molecular formula is C14H16Cl2N2OS. The fourth-order valence-electron chi connectivity index (χ4n) is 2.58. The van der Waals surface area contributed by atoms with Crippen molar-refractivity contribution >= 4 is 46.3 Å². The number of thiocarbonyl (C=S) groups is 1. The van der Waals surface area contributed by atoms with Gasteiger partial charge >= 0.3 is 0 Å². The summed E-state index contributed by atoms with van der Waals surface area (Å²) >= 11 is 17.3. The molecule has 0 spiro atoms. The molecule has 0 radical (unpaired) electrons. The summed E-state index contributed by atoms with van der Waals surface area (Å²) in [5, 5.41) is 3.60. The van der Waals surface area contributed by atoms with Gasteiger partial charge in [0.15, 0.2) is 0 Å². The average Bonchev–Trinajstić information content (AvgIpc) is 2.39. The first kappa shape index (κ1) is 15.5. The lowest BCUT2D eigenvalue weighted by molar-refractivity contribution is 0.0909. The topological polar surface area (TPSA) is 55.1 Å². The predicted octanol–water partition coefficient (Wildman–Crippen LogP) is 3.71. The van der Waals surface area contributed by atoms with Crippen molar-refractivity contribution < 1.29 is 4.79 Å². The normalized spacial score (nSPS) is 17.5. The maximum atomic E-state index is 12.5. The van der Waals surface area contributed by atoms with E-state index in [4.69, 9.17) is 41.2 Å². The molecule has 1 aliphatic carbocycles. The molecule has 0 bridgehead atoms. The third-order valence-electron chi connectivity index (χ3n) is 3.72. The maximum Gasteiger partial charge on any atom is 0.255 e. The number of hydrogen-bond donors (Lipinski definition) is 2. The quantitative estimate of drug-likeness (QED) is 0.830. The van der Waals surface area contributed by atoms with Crippen molar-refractivity contribution in [3.05, 3.63) is 33.8 Å². The fraction of sp³-hybridized carbons (Fsp3) is 0.429. The van der Waals surface area contributed by atoms with Gasteiger partial charge in [-0.3, -0.25) is 4.79 Å². The van der Waals surface area contributed by atoms with E-state index in [0.29, 0.717) is 15.0 Å². The Labute approximate surface area is 133 Å². The number of rotatable bonds is 3. The molecule has 108 valence electrons. The summed E-state index contributed by atoms with van der Waals surface area (Å²) in [5.74, 6) is -0.324. The Bertz CT molecular complexity index is 522. The molecule has 20 heavy (non-hydrogen) atoms. The molecule has 0 heterocycles. The lowest BCUT2D eigenvalue weighted by atomic mass is 9.81. The van der Waals surface area contributed by atoms with Crippen LogP contribution in [0.5, 0.6) is 0 Å². The zero-order valence-electron chi connectivity index (χ0n) is 10.9. The molecule has 1 aromatic rings. The van der Waals surface area contributed by atoms with Gasteiger partial charge in [-0.15, -0.1) is 0 Å². The molecule has 1 saturated carbocycles. The lowest BCUT2D eigenvalue weighted by Crippen LogP contribution is -2.57. The van der Waals surface area contributed by atoms with Crippen LogP contribution in [0.15, 0.2) is 18.2 Å². The minimum Gasteiger partial charge on any atom is -0.391 e. The Hall–Kier alpha value is -0.840. The smallest absolute Gasteiger partial charge is 0.255 e. The average molecular weight is 331 g/mol. The first-order valence-electron chi connectivity index (χ1n) is 6.53. The van der Waals surface area contributed by atoms with E-state index in [9.17, 15) is 4.79 Å². The van der Waals surface area contributed by atoms with Gasteiger partial charge in [-0.05, 0) is 25.0 Å². The van der Waals surface area contributed by atoms with E-state index in [1.54, 1.807) is 18.2 Å². The van der Waals surface area contributed by atoms with E-state index in [-0.39, 0.29) is 11.5 Å². The van der Waals surface area contributed by atoms with Crippen LogP contribution in [0, 0.1) is 0 Å². The van der Waals surface area contributed by atoms with Crippen molar-refractivity contribution in [2.75, 3.05) is 0 Å². The zero-order chi connectivity index (χ0) is 14.8.